The van der Waals surface area contributed by atoms with Crippen molar-refractivity contribution in [2.24, 2.45) is 17.8 Å². The van der Waals surface area contributed by atoms with Gasteiger partial charge in [-0.1, -0.05) is 31.5 Å². The topological polar surface area (TPSA) is 42.0 Å². The maximum atomic E-state index is 13.7. The highest BCUT2D eigenvalue weighted by Gasteiger charge is 2.64. The predicted octanol–water partition coefficient (Wildman–Crippen LogP) is 2.60. The Morgan fingerprint density at radius 1 is 1.31 bits per heavy atom. The number of anilines is 1. The average Bonchev–Trinajstić information content (AvgIpc) is 2.77. The van der Waals surface area contributed by atoms with Crippen molar-refractivity contribution in [1.29, 1.82) is 0 Å². The van der Waals surface area contributed by atoms with E-state index in [1.165, 1.54) is 11.5 Å². The summed E-state index contributed by atoms with van der Waals surface area (Å²) in [4.78, 5) is 21.7. The molecule has 4 aliphatic heterocycles. The molecule has 0 unspecified atom stereocenters. The van der Waals surface area contributed by atoms with E-state index in [1.54, 1.807) is 7.11 Å². The van der Waals surface area contributed by atoms with Crippen molar-refractivity contribution >= 4 is 11.6 Å². The molecule has 0 radical (unpaired) electrons. The molecule has 140 valence electrons. The molecule has 1 aromatic rings. The van der Waals surface area contributed by atoms with Crippen LogP contribution < -0.4 is 5.06 Å². The quantitative estimate of drug-likeness (QED) is 0.817. The molecule has 1 spiro atoms. The number of fused-ring (bicyclic) bond motifs is 2. The van der Waals surface area contributed by atoms with Crippen LogP contribution in [-0.4, -0.2) is 50.3 Å². The minimum atomic E-state index is -0.613. The van der Waals surface area contributed by atoms with Crippen LogP contribution in [0.1, 0.15) is 31.7 Å². The molecule has 1 saturated carbocycles. The number of rotatable bonds is 2. The first-order chi connectivity index (χ1) is 12.6. The highest BCUT2D eigenvalue weighted by atomic mass is 16.7. The highest BCUT2D eigenvalue weighted by molar-refractivity contribution is 6.07. The Bertz CT molecular complexity index is 738. The van der Waals surface area contributed by atoms with Crippen molar-refractivity contribution in [2.75, 3.05) is 32.4 Å². The molecule has 5 aliphatic rings. The zero-order valence-electron chi connectivity index (χ0n) is 15.9. The second kappa shape index (κ2) is 5.78. The van der Waals surface area contributed by atoms with Gasteiger partial charge in [0.1, 0.15) is 5.41 Å². The minimum Gasteiger partial charge on any atom is -0.376 e. The summed E-state index contributed by atoms with van der Waals surface area (Å²) in [6.07, 6.45) is 2.97. The van der Waals surface area contributed by atoms with Crippen LogP contribution in [0, 0.1) is 17.8 Å². The van der Waals surface area contributed by atoms with E-state index in [-0.39, 0.29) is 12.0 Å². The molecule has 1 amide bonds. The van der Waals surface area contributed by atoms with Crippen molar-refractivity contribution < 1.29 is 14.4 Å². The molecule has 4 fully saturated rings. The number of benzene rings is 1. The molecule has 0 aromatic heterocycles. The van der Waals surface area contributed by atoms with Crippen LogP contribution in [0.5, 0.6) is 0 Å². The molecule has 6 rings (SSSR count). The van der Waals surface area contributed by atoms with Crippen molar-refractivity contribution in [1.82, 2.24) is 4.90 Å². The number of carbonyl (C=O) groups excluding carboxylic acids is 1. The number of likely N-dealkylation sites (tertiary alicyclic amines) is 1. The van der Waals surface area contributed by atoms with E-state index < -0.39 is 5.41 Å². The lowest BCUT2D eigenvalue weighted by Gasteiger charge is -2.48. The summed E-state index contributed by atoms with van der Waals surface area (Å²) in [5.74, 6) is 1.95. The molecule has 5 nitrogen and oxygen atoms in total. The van der Waals surface area contributed by atoms with Crippen LogP contribution in [0.4, 0.5) is 5.69 Å². The van der Waals surface area contributed by atoms with Crippen molar-refractivity contribution in [2.45, 2.75) is 43.7 Å². The molecule has 1 aliphatic carbocycles. The fraction of sp³-hybridized carbons (Fsp3) is 0.667. The fourth-order valence-corrected chi connectivity index (χ4v) is 6.41. The number of hydroxylamine groups is 1. The van der Waals surface area contributed by atoms with Gasteiger partial charge in [0.15, 0.2) is 0 Å². The van der Waals surface area contributed by atoms with E-state index in [4.69, 9.17) is 9.57 Å². The van der Waals surface area contributed by atoms with Crippen LogP contribution >= 0.6 is 0 Å². The van der Waals surface area contributed by atoms with E-state index in [2.05, 4.69) is 24.9 Å². The molecular weight excluding hydrogens is 328 g/mol. The predicted molar refractivity (Wildman–Crippen MR) is 98.8 cm³/mol. The van der Waals surface area contributed by atoms with Gasteiger partial charge in [-0.3, -0.25) is 9.63 Å². The van der Waals surface area contributed by atoms with Gasteiger partial charge >= 0.3 is 0 Å². The third-order valence-electron chi connectivity index (χ3n) is 7.67. The zero-order chi connectivity index (χ0) is 18.1. The summed E-state index contributed by atoms with van der Waals surface area (Å²) >= 11 is 0. The summed E-state index contributed by atoms with van der Waals surface area (Å²) in [6.45, 7) is 4.22. The molecule has 26 heavy (non-hydrogen) atoms. The first-order valence-electron chi connectivity index (χ1n) is 9.91. The summed E-state index contributed by atoms with van der Waals surface area (Å²) in [5, 5.41) is 1.50. The van der Waals surface area contributed by atoms with Gasteiger partial charge < -0.3 is 9.64 Å². The molecule has 3 saturated heterocycles. The fourth-order valence-electron chi connectivity index (χ4n) is 6.41. The Morgan fingerprint density at radius 2 is 2.12 bits per heavy atom. The van der Waals surface area contributed by atoms with Crippen LogP contribution in [0.2, 0.25) is 0 Å². The van der Waals surface area contributed by atoms with Crippen molar-refractivity contribution in [3.05, 3.63) is 29.8 Å². The lowest BCUT2D eigenvalue weighted by molar-refractivity contribution is -0.139. The van der Waals surface area contributed by atoms with Gasteiger partial charge in [-0.15, -0.1) is 0 Å². The third-order valence-corrected chi connectivity index (χ3v) is 7.67. The van der Waals surface area contributed by atoms with E-state index in [1.807, 2.05) is 18.2 Å². The molecule has 5 heteroatoms. The summed E-state index contributed by atoms with van der Waals surface area (Å²) in [5.41, 5.74) is 1.36. The van der Waals surface area contributed by atoms with Crippen LogP contribution in [0.3, 0.4) is 0 Å². The number of carbonyl (C=O) groups is 1. The Balaban J connectivity index is 1.67. The van der Waals surface area contributed by atoms with Crippen LogP contribution in [0.25, 0.3) is 0 Å². The van der Waals surface area contributed by atoms with Gasteiger partial charge in [0, 0.05) is 18.5 Å². The standard InChI is InChI=1S/C21H28N2O3/c1-4-13-11-22(2)18-10-21(19-9-14(13)15(18)12-26-19)16-7-5-6-8-17(16)23(25-3)20(21)24/h5-8,13-15,18-19H,4,9-12H2,1-3H3/t13-,14-,15-,18-,19+,21-/m0/s1. The van der Waals surface area contributed by atoms with Crippen molar-refractivity contribution in [3.8, 4) is 0 Å². The van der Waals surface area contributed by atoms with Gasteiger partial charge in [0.05, 0.1) is 25.5 Å². The third kappa shape index (κ3) is 1.94. The highest BCUT2D eigenvalue weighted by Crippen LogP contribution is 2.57. The van der Waals surface area contributed by atoms with E-state index in [9.17, 15) is 4.79 Å². The van der Waals surface area contributed by atoms with Gasteiger partial charge in [-0.25, -0.2) is 0 Å². The minimum absolute atomic E-state index is 0.0527. The Kier molecular flexibility index (Phi) is 3.72. The lowest BCUT2D eigenvalue weighted by atomic mass is 9.70. The number of hydrogen-bond acceptors (Lipinski definition) is 4. The average molecular weight is 356 g/mol. The molecule has 0 N–H and O–H groups in total. The Hall–Kier alpha value is -1.43. The number of hydrogen-bond donors (Lipinski definition) is 0. The van der Waals surface area contributed by atoms with E-state index >= 15 is 0 Å². The van der Waals surface area contributed by atoms with Crippen molar-refractivity contribution in [3.63, 3.8) is 0 Å². The number of para-hydroxylation sites is 1. The summed E-state index contributed by atoms with van der Waals surface area (Å²) < 4.78 is 6.41. The second-order valence-electron chi connectivity index (χ2n) is 8.54. The molecule has 1 aromatic carbocycles. The van der Waals surface area contributed by atoms with E-state index in [0.29, 0.717) is 23.8 Å². The van der Waals surface area contributed by atoms with Gasteiger partial charge in [0.25, 0.3) is 5.91 Å². The van der Waals surface area contributed by atoms with Crippen LogP contribution in [-0.2, 0) is 19.8 Å². The first-order valence-corrected chi connectivity index (χ1v) is 9.91. The molecule has 6 atom stereocenters. The lowest BCUT2D eigenvalue weighted by Crippen LogP contribution is -2.53. The smallest absolute Gasteiger partial charge is 0.264 e. The van der Waals surface area contributed by atoms with E-state index in [0.717, 1.165) is 37.2 Å². The summed E-state index contributed by atoms with van der Waals surface area (Å²) in [6, 6.07) is 8.51. The number of ether oxygens (including phenoxy) is 1. The zero-order valence-corrected chi connectivity index (χ0v) is 15.9. The Morgan fingerprint density at radius 3 is 2.88 bits per heavy atom. The maximum absolute atomic E-state index is 13.7. The largest absolute Gasteiger partial charge is 0.376 e. The molecular formula is C21H28N2O3. The normalized spacial score (nSPS) is 41.6. The van der Waals surface area contributed by atoms with Gasteiger partial charge in [-0.2, -0.15) is 5.06 Å². The number of nitrogens with zero attached hydrogens (tertiary/aromatic N) is 2. The Labute approximate surface area is 155 Å². The number of amides is 1. The van der Waals surface area contributed by atoms with Gasteiger partial charge in [0.2, 0.25) is 0 Å². The molecule has 4 bridgehead atoms. The van der Waals surface area contributed by atoms with Crippen LogP contribution in [0.15, 0.2) is 24.3 Å². The monoisotopic (exact) mass is 356 g/mol. The summed E-state index contributed by atoms with van der Waals surface area (Å²) in [7, 11) is 3.82. The first kappa shape index (κ1) is 16.7. The molecule has 4 heterocycles. The number of piperidine rings is 1. The maximum Gasteiger partial charge on any atom is 0.264 e. The SMILES string of the molecule is CC[C@H]1CN(C)[C@H]2C[C@@]3(C(=O)N(OC)c4ccccc43)[C@H]3C[C@@H]1[C@@H]2CO3. The second-order valence-corrected chi connectivity index (χ2v) is 8.54. The van der Waals surface area contributed by atoms with Gasteiger partial charge in [-0.05, 0) is 43.4 Å².